The smallest absolute Gasteiger partial charge is 0.255 e. The van der Waals surface area contributed by atoms with E-state index in [1.165, 1.54) is 5.56 Å². The van der Waals surface area contributed by atoms with Gasteiger partial charge < -0.3 is 9.64 Å². The lowest BCUT2D eigenvalue weighted by Gasteiger charge is -2.35. The fraction of sp³-hybridized carbons (Fsp3) is 0.400. The van der Waals surface area contributed by atoms with Crippen LogP contribution in [0.4, 0.5) is 0 Å². The zero-order valence-electron chi connectivity index (χ0n) is 14.7. The average molecular weight is 324 g/mol. The van der Waals surface area contributed by atoms with Crippen molar-refractivity contribution in [3.8, 4) is 11.3 Å². The summed E-state index contributed by atoms with van der Waals surface area (Å²) in [5.74, 6) is 0.0393. The molecular formula is C20H24N2O2. The Bertz CT molecular complexity index is 730. The quantitative estimate of drug-likeness (QED) is 0.847. The molecule has 4 heteroatoms. The van der Waals surface area contributed by atoms with Gasteiger partial charge in [-0.15, -0.1) is 0 Å². The molecule has 2 heterocycles. The third-order valence-corrected chi connectivity index (χ3v) is 4.37. The van der Waals surface area contributed by atoms with Crippen LogP contribution in [-0.4, -0.2) is 41.1 Å². The van der Waals surface area contributed by atoms with E-state index in [1.807, 2.05) is 37.8 Å². The zero-order chi connectivity index (χ0) is 17.3. The van der Waals surface area contributed by atoms with E-state index in [-0.39, 0.29) is 18.1 Å². The van der Waals surface area contributed by atoms with Gasteiger partial charge in [0.25, 0.3) is 5.91 Å². The average Bonchev–Trinajstić information content (AvgIpc) is 2.54. The number of carbonyl (C=O) groups is 1. The van der Waals surface area contributed by atoms with Crippen molar-refractivity contribution in [2.24, 2.45) is 0 Å². The lowest BCUT2D eigenvalue weighted by Crippen LogP contribution is -2.48. The Balaban J connectivity index is 1.84. The standard InChI is InChI=1S/C20H24N2O2/c1-13-5-7-17(8-6-13)19-10-9-18(16(4)21-19)20(23)22-11-14(2)24-15(3)12-22/h5-10,14-15H,11-12H2,1-4H3/t14-,15+. The predicted molar refractivity (Wildman–Crippen MR) is 95.1 cm³/mol. The summed E-state index contributed by atoms with van der Waals surface area (Å²) in [4.78, 5) is 19.4. The van der Waals surface area contributed by atoms with Crippen molar-refractivity contribution in [3.05, 3.63) is 53.2 Å². The van der Waals surface area contributed by atoms with Gasteiger partial charge in [-0.2, -0.15) is 0 Å². The van der Waals surface area contributed by atoms with Crippen LogP contribution in [0.2, 0.25) is 0 Å². The lowest BCUT2D eigenvalue weighted by atomic mass is 10.1. The molecule has 0 spiro atoms. The fourth-order valence-electron chi connectivity index (χ4n) is 3.19. The van der Waals surface area contributed by atoms with Crippen molar-refractivity contribution in [2.75, 3.05) is 13.1 Å². The minimum absolute atomic E-state index is 0.0393. The first-order valence-corrected chi connectivity index (χ1v) is 8.43. The fourth-order valence-corrected chi connectivity index (χ4v) is 3.19. The number of nitrogens with zero attached hydrogens (tertiary/aromatic N) is 2. The number of ether oxygens (including phenoxy) is 1. The van der Waals surface area contributed by atoms with Crippen LogP contribution < -0.4 is 0 Å². The highest BCUT2D eigenvalue weighted by Gasteiger charge is 2.27. The molecular weight excluding hydrogens is 300 g/mol. The number of aromatic nitrogens is 1. The van der Waals surface area contributed by atoms with Crippen LogP contribution in [0.1, 0.15) is 35.5 Å². The maximum atomic E-state index is 12.8. The number of hydrogen-bond acceptors (Lipinski definition) is 3. The monoisotopic (exact) mass is 324 g/mol. The molecule has 1 aliphatic heterocycles. The molecule has 1 fully saturated rings. The molecule has 2 aromatic rings. The third kappa shape index (κ3) is 3.49. The van der Waals surface area contributed by atoms with Crippen LogP contribution in [-0.2, 0) is 4.74 Å². The normalized spacial score (nSPS) is 20.9. The second-order valence-electron chi connectivity index (χ2n) is 6.66. The predicted octanol–water partition coefficient (Wildman–Crippen LogP) is 3.61. The van der Waals surface area contributed by atoms with E-state index in [0.717, 1.165) is 17.0 Å². The minimum Gasteiger partial charge on any atom is -0.372 e. The van der Waals surface area contributed by atoms with Crippen molar-refractivity contribution in [1.29, 1.82) is 0 Å². The molecule has 1 aromatic heterocycles. The zero-order valence-corrected chi connectivity index (χ0v) is 14.7. The molecule has 1 aliphatic rings. The lowest BCUT2D eigenvalue weighted by molar-refractivity contribution is -0.0586. The number of pyridine rings is 1. The summed E-state index contributed by atoms with van der Waals surface area (Å²) in [6.07, 6.45) is 0.135. The highest BCUT2D eigenvalue weighted by molar-refractivity contribution is 5.95. The third-order valence-electron chi connectivity index (χ3n) is 4.37. The number of hydrogen-bond donors (Lipinski definition) is 0. The number of rotatable bonds is 2. The number of aryl methyl sites for hydroxylation is 2. The van der Waals surface area contributed by atoms with Crippen molar-refractivity contribution in [1.82, 2.24) is 9.88 Å². The maximum absolute atomic E-state index is 12.8. The van der Waals surface area contributed by atoms with E-state index in [4.69, 9.17) is 4.74 Å². The molecule has 0 saturated carbocycles. The van der Waals surface area contributed by atoms with E-state index in [0.29, 0.717) is 18.7 Å². The number of carbonyl (C=O) groups excluding carboxylic acids is 1. The largest absolute Gasteiger partial charge is 0.372 e. The molecule has 1 aromatic carbocycles. The second-order valence-corrected chi connectivity index (χ2v) is 6.66. The summed E-state index contributed by atoms with van der Waals surface area (Å²) >= 11 is 0. The molecule has 24 heavy (non-hydrogen) atoms. The van der Waals surface area contributed by atoms with Crippen molar-refractivity contribution < 1.29 is 9.53 Å². The molecule has 1 saturated heterocycles. The van der Waals surface area contributed by atoms with E-state index < -0.39 is 0 Å². The van der Waals surface area contributed by atoms with Crippen LogP contribution in [0.15, 0.2) is 36.4 Å². The molecule has 126 valence electrons. The van der Waals surface area contributed by atoms with E-state index in [9.17, 15) is 4.79 Å². The van der Waals surface area contributed by atoms with Gasteiger partial charge in [-0.1, -0.05) is 29.8 Å². The maximum Gasteiger partial charge on any atom is 0.255 e. The number of morpholine rings is 1. The Labute approximate surface area is 143 Å². The molecule has 0 N–H and O–H groups in total. The first kappa shape index (κ1) is 16.7. The van der Waals surface area contributed by atoms with Gasteiger partial charge in [0.15, 0.2) is 0 Å². The van der Waals surface area contributed by atoms with E-state index in [1.54, 1.807) is 0 Å². The Hall–Kier alpha value is -2.20. The van der Waals surface area contributed by atoms with Crippen LogP contribution in [0, 0.1) is 13.8 Å². The van der Waals surface area contributed by atoms with Crippen molar-refractivity contribution in [2.45, 2.75) is 39.9 Å². The van der Waals surface area contributed by atoms with Gasteiger partial charge in [-0.3, -0.25) is 9.78 Å². The molecule has 0 aliphatic carbocycles. The molecule has 2 atom stereocenters. The summed E-state index contributed by atoms with van der Waals surface area (Å²) in [5, 5.41) is 0. The Kier molecular flexibility index (Phi) is 4.67. The molecule has 0 radical (unpaired) electrons. The first-order valence-electron chi connectivity index (χ1n) is 8.43. The SMILES string of the molecule is Cc1ccc(-c2ccc(C(=O)N3C[C@@H](C)O[C@@H](C)C3)c(C)n2)cc1. The summed E-state index contributed by atoms with van der Waals surface area (Å²) in [5.41, 5.74) is 4.62. The topological polar surface area (TPSA) is 42.4 Å². The molecule has 4 nitrogen and oxygen atoms in total. The summed E-state index contributed by atoms with van der Waals surface area (Å²) in [6, 6.07) is 12.1. The van der Waals surface area contributed by atoms with Gasteiger partial charge in [0.1, 0.15) is 0 Å². The van der Waals surface area contributed by atoms with Gasteiger partial charge in [0.2, 0.25) is 0 Å². The highest BCUT2D eigenvalue weighted by atomic mass is 16.5. The Morgan fingerprint density at radius 1 is 1.04 bits per heavy atom. The molecule has 1 amide bonds. The van der Waals surface area contributed by atoms with E-state index >= 15 is 0 Å². The van der Waals surface area contributed by atoms with Crippen LogP contribution in [0.3, 0.4) is 0 Å². The molecule has 0 bridgehead atoms. The summed E-state index contributed by atoms with van der Waals surface area (Å²) in [6.45, 7) is 9.22. The Morgan fingerprint density at radius 2 is 1.67 bits per heavy atom. The van der Waals surface area contributed by atoms with Crippen LogP contribution in [0.5, 0.6) is 0 Å². The van der Waals surface area contributed by atoms with Gasteiger partial charge in [0, 0.05) is 18.7 Å². The number of amides is 1. The van der Waals surface area contributed by atoms with Gasteiger partial charge in [0.05, 0.1) is 29.2 Å². The number of benzene rings is 1. The first-order chi connectivity index (χ1) is 11.4. The van der Waals surface area contributed by atoms with Gasteiger partial charge >= 0.3 is 0 Å². The van der Waals surface area contributed by atoms with Gasteiger partial charge in [-0.05, 0) is 39.8 Å². The van der Waals surface area contributed by atoms with Crippen LogP contribution >= 0.6 is 0 Å². The van der Waals surface area contributed by atoms with Gasteiger partial charge in [-0.25, -0.2) is 0 Å². The summed E-state index contributed by atoms with van der Waals surface area (Å²) in [7, 11) is 0. The van der Waals surface area contributed by atoms with Crippen molar-refractivity contribution in [3.63, 3.8) is 0 Å². The van der Waals surface area contributed by atoms with Crippen molar-refractivity contribution >= 4 is 5.91 Å². The molecule has 3 rings (SSSR count). The molecule has 0 unspecified atom stereocenters. The Morgan fingerprint density at radius 3 is 2.25 bits per heavy atom. The summed E-state index contributed by atoms with van der Waals surface area (Å²) < 4.78 is 5.71. The second kappa shape index (κ2) is 6.73. The minimum atomic E-state index is 0.0393. The van der Waals surface area contributed by atoms with E-state index in [2.05, 4.69) is 36.2 Å². The van der Waals surface area contributed by atoms with Crippen LogP contribution in [0.25, 0.3) is 11.3 Å². The highest BCUT2D eigenvalue weighted by Crippen LogP contribution is 2.21.